The van der Waals surface area contributed by atoms with Crippen molar-refractivity contribution in [2.75, 3.05) is 10.0 Å². The summed E-state index contributed by atoms with van der Waals surface area (Å²) in [6.07, 6.45) is 1.54. The number of halogens is 2. The normalized spacial score (nSPS) is 10.9. The molecule has 3 rings (SSSR count). The number of aromatic nitrogens is 1. The number of sulfonamides is 1. The third kappa shape index (κ3) is 5.89. The Morgan fingerprint density at radius 2 is 1.77 bits per heavy atom. The molecular weight excluding hydrogens is 489 g/mol. The molecule has 0 saturated carbocycles. The van der Waals surface area contributed by atoms with Gasteiger partial charge in [-0.15, -0.1) is 0 Å². The fraction of sp³-hybridized carbons (Fsp3) is 0.0476. The summed E-state index contributed by atoms with van der Waals surface area (Å²) in [5, 5.41) is 2.32. The molecule has 31 heavy (non-hydrogen) atoms. The van der Waals surface area contributed by atoms with Gasteiger partial charge in [0.05, 0.1) is 4.90 Å². The van der Waals surface area contributed by atoms with E-state index in [-0.39, 0.29) is 16.5 Å². The second kappa shape index (κ2) is 9.27. The van der Waals surface area contributed by atoms with Crippen molar-refractivity contribution < 1.29 is 22.3 Å². The molecule has 0 aliphatic carbocycles. The summed E-state index contributed by atoms with van der Waals surface area (Å²) < 4.78 is 47.3. The minimum absolute atomic E-state index is 0.0419. The van der Waals surface area contributed by atoms with Crippen molar-refractivity contribution in [2.24, 2.45) is 0 Å². The van der Waals surface area contributed by atoms with Gasteiger partial charge in [0.15, 0.2) is 5.83 Å². The van der Waals surface area contributed by atoms with Crippen molar-refractivity contribution in [1.29, 1.82) is 0 Å². The number of ether oxygens (including phenoxy) is 1. The van der Waals surface area contributed by atoms with Gasteiger partial charge in [0.2, 0.25) is 5.88 Å². The molecular formula is C21H17BrFN3O4S. The lowest BCUT2D eigenvalue weighted by Crippen LogP contribution is -2.14. The number of rotatable bonds is 7. The Bertz CT molecular complexity index is 1230. The zero-order chi connectivity index (χ0) is 22.6. The van der Waals surface area contributed by atoms with Crippen LogP contribution in [0.2, 0.25) is 0 Å². The Hall–Kier alpha value is -3.24. The maximum atomic E-state index is 12.8. The molecule has 0 atom stereocenters. The minimum Gasteiger partial charge on any atom is -0.437 e. The molecule has 0 unspecified atom stereocenters. The topological polar surface area (TPSA) is 97.4 Å². The smallest absolute Gasteiger partial charge is 0.283 e. The van der Waals surface area contributed by atoms with Gasteiger partial charge in [-0.25, -0.2) is 17.8 Å². The Balaban J connectivity index is 1.82. The van der Waals surface area contributed by atoms with E-state index in [1.165, 1.54) is 42.6 Å². The highest BCUT2D eigenvalue weighted by atomic mass is 79.9. The van der Waals surface area contributed by atoms with Crippen LogP contribution >= 0.6 is 15.9 Å². The zero-order valence-electron chi connectivity index (χ0n) is 16.2. The lowest BCUT2D eigenvalue weighted by Gasteiger charge is -2.14. The third-order valence-electron chi connectivity index (χ3n) is 3.93. The number of aryl methyl sites for hydroxylation is 1. The molecule has 1 amide bonds. The van der Waals surface area contributed by atoms with Gasteiger partial charge in [-0.05, 0) is 67.1 Å². The van der Waals surface area contributed by atoms with Crippen LogP contribution in [0.5, 0.6) is 11.6 Å². The number of nitrogens with zero attached hydrogens (tertiary/aromatic N) is 1. The monoisotopic (exact) mass is 505 g/mol. The van der Waals surface area contributed by atoms with Crippen LogP contribution in [0.25, 0.3) is 0 Å². The molecule has 2 N–H and O–H groups in total. The van der Waals surface area contributed by atoms with E-state index in [0.717, 1.165) is 10.0 Å². The molecule has 3 aromatic rings. The second-order valence-corrected chi connectivity index (χ2v) is 9.01. The van der Waals surface area contributed by atoms with Gasteiger partial charge < -0.3 is 10.1 Å². The number of benzene rings is 2. The number of amides is 1. The first-order valence-electron chi connectivity index (χ1n) is 8.83. The van der Waals surface area contributed by atoms with Gasteiger partial charge in [-0.2, -0.15) is 0 Å². The van der Waals surface area contributed by atoms with Crippen molar-refractivity contribution in [3.8, 4) is 11.6 Å². The first-order valence-corrected chi connectivity index (χ1v) is 11.1. The summed E-state index contributed by atoms with van der Waals surface area (Å²) in [6, 6.07) is 13.8. The quantitative estimate of drug-likeness (QED) is 0.431. The molecule has 1 heterocycles. The lowest BCUT2D eigenvalue weighted by molar-refractivity contribution is -0.114. The van der Waals surface area contributed by atoms with Crippen LogP contribution in [0, 0.1) is 6.92 Å². The standard InChI is InChI=1S/C21H17BrFN3O4S/c1-13-11-19(26-31(28,29)18-9-3-15(22)4-10-18)21(24-12-13)30-17-7-5-16(6-8-17)25-20(27)14(2)23/h3-12,26H,2H2,1H3,(H,25,27). The van der Waals surface area contributed by atoms with E-state index in [9.17, 15) is 17.6 Å². The van der Waals surface area contributed by atoms with Gasteiger partial charge in [-0.3, -0.25) is 9.52 Å². The van der Waals surface area contributed by atoms with Crippen LogP contribution in [0.4, 0.5) is 15.8 Å². The van der Waals surface area contributed by atoms with Crippen LogP contribution in [-0.2, 0) is 14.8 Å². The van der Waals surface area contributed by atoms with E-state index in [0.29, 0.717) is 11.4 Å². The summed E-state index contributed by atoms with van der Waals surface area (Å²) in [5.74, 6) is -1.68. The maximum absolute atomic E-state index is 12.8. The summed E-state index contributed by atoms with van der Waals surface area (Å²) in [7, 11) is -3.87. The van der Waals surface area contributed by atoms with E-state index >= 15 is 0 Å². The average molecular weight is 506 g/mol. The van der Waals surface area contributed by atoms with Crippen LogP contribution < -0.4 is 14.8 Å². The first-order chi connectivity index (χ1) is 14.6. The fourth-order valence-electron chi connectivity index (χ4n) is 2.45. The molecule has 0 bridgehead atoms. The summed E-state index contributed by atoms with van der Waals surface area (Å²) in [5.41, 5.74) is 1.23. The van der Waals surface area contributed by atoms with E-state index in [1.54, 1.807) is 25.1 Å². The molecule has 0 radical (unpaired) electrons. The highest BCUT2D eigenvalue weighted by Gasteiger charge is 2.18. The molecule has 10 heteroatoms. The maximum Gasteiger partial charge on any atom is 0.283 e. The first kappa shape index (κ1) is 22.4. The number of hydrogen-bond donors (Lipinski definition) is 2. The molecule has 2 aromatic carbocycles. The largest absolute Gasteiger partial charge is 0.437 e. The lowest BCUT2D eigenvalue weighted by atomic mass is 10.3. The molecule has 0 fully saturated rings. The van der Waals surface area contributed by atoms with E-state index in [4.69, 9.17) is 4.74 Å². The summed E-state index contributed by atoms with van der Waals surface area (Å²) >= 11 is 3.27. The van der Waals surface area contributed by atoms with Gasteiger partial charge in [-0.1, -0.05) is 22.5 Å². The number of anilines is 2. The van der Waals surface area contributed by atoms with Crippen molar-refractivity contribution in [3.63, 3.8) is 0 Å². The second-order valence-electron chi connectivity index (χ2n) is 6.41. The van der Waals surface area contributed by atoms with E-state index in [1.807, 2.05) is 0 Å². The number of pyridine rings is 1. The molecule has 160 valence electrons. The molecule has 0 spiro atoms. The molecule has 0 aliphatic heterocycles. The van der Waals surface area contributed by atoms with Crippen LogP contribution in [-0.4, -0.2) is 19.3 Å². The number of nitrogens with one attached hydrogen (secondary N) is 2. The number of carbonyl (C=O) groups is 1. The predicted octanol–water partition coefficient (Wildman–Crippen LogP) is 5.17. The summed E-state index contributed by atoms with van der Waals surface area (Å²) in [6.45, 7) is 4.69. The Morgan fingerprint density at radius 1 is 1.13 bits per heavy atom. The van der Waals surface area contributed by atoms with Gasteiger partial charge in [0.1, 0.15) is 11.4 Å². The fourth-order valence-corrected chi connectivity index (χ4v) is 3.76. The summed E-state index contributed by atoms with van der Waals surface area (Å²) in [4.78, 5) is 15.6. The highest BCUT2D eigenvalue weighted by Crippen LogP contribution is 2.30. The minimum atomic E-state index is -3.87. The van der Waals surface area contributed by atoms with Crippen molar-refractivity contribution in [2.45, 2.75) is 11.8 Å². The molecule has 0 saturated heterocycles. The van der Waals surface area contributed by atoms with Gasteiger partial charge >= 0.3 is 0 Å². The van der Waals surface area contributed by atoms with Crippen LogP contribution in [0.1, 0.15) is 5.56 Å². The third-order valence-corrected chi connectivity index (χ3v) is 5.84. The molecule has 1 aromatic heterocycles. The molecule has 0 aliphatic rings. The Morgan fingerprint density at radius 3 is 2.39 bits per heavy atom. The Kier molecular flexibility index (Phi) is 6.71. The van der Waals surface area contributed by atoms with Crippen LogP contribution in [0.3, 0.4) is 0 Å². The highest BCUT2D eigenvalue weighted by molar-refractivity contribution is 9.10. The van der Waals surface area contributed by atoms with Gasteiger partial charge in [0.25, 0.3) is 15.9 Å². The molecule has 7 nitrogen and oxygen atoms in total. The number of hydrogen-bond acceptors (Lipinski definition) is 5. The van der Waals surface area contributed by atoms with Crippen molar-refractivity contribution in [3.05, 3.63) is 83.2 Å². The van der Waals surface area contributed by atoms with Crippen molar-refractivity contribution in [1.82, 2.24) is 4.98 Å². The average Bonchev–Trinajstić information content (AvgIpc) is 2.71. The SMILES string of the molecule is C=C(F)C(=O)Nc1ccc(Oc2ncc(C)cc2NS(=O)(=O)c2ccc(Br)cc2)cc1. The predicted molar refractivity (Wildman–Crippen MR) is 119 cm³/mol. The van der Waals surface area contributed by atoms with Crippen molar-refractivity contribution >= 4 is 43.2 Å². The van der Waals surface area contributed by atoms with Crippen LogP contribution in [0.15, 0.2) is 82.6 Å². The zero-order valence-corrected chi connectivity index (χ0v) is 18.6. The van der Waals surface area contributed by atoms with E-state index in [2.05, 4.69) is 37.5 Å². The number of carbonyl (C=O) groups excluding carboxylic acids is 1. The Labute approximate surface area is 187 Å². The van der Waals surface area contributed by atoms with Gasteiger partial charge in [0, 0.05) is 16.4 Å². The van der Waals surface area contributed by atoms with E-state index < -0.39 is 21.8 Å².